The van der Waals surface area contributed by atoms with Crippen molar-refractivity contribution in [3.05, 3.63) is 35.9 Å². The fourth-order valence-corrected chi connectivity index (χ4v) is 3.42. The molecular weight excluding hydrogens is 242 g/mol. The maximum absolute atomic E-state index is 12.8. The van der Waals surface area contributed by atoms with Crippen molar-refractivity contribution in [1.29, 1.82) is 0 Å². The van der Waals surface area contributed by atoms with Gasteiger partial charge in [-0.15, -0.1) is 0 Å². The van der Waals surface area contributed by atoms with Crippen LogP contribution in [0.4, 0.5) is 0 Å². The van der Waals surface area contributed by atoms with Crippen molar-refractivity contribution in [2.45, 2.75) is 12.5 Å². The molecule has 0 bridgehead atoms. The Labute approximate surface area is 112 Å². The molecule has 2 aliphatic rings. The summed E-state index contributed by atoms with van der Waals surface area (Å²) < 4.78 is 5.24. The van der Waals surface area contributed by atoms with Crippen LogP contribution >= 0.6 is 0 Å². The van der Waals surface area contributed by atoms with E-state index in [0.29, 0.717) is 25.1 Å². The zero-order valence-corrected chi connectivity index (χ0v) is 10.9. The van der Waals surface area contributed by atoms with Crippen LogP contribution in [-0.4, -0.2) is 37.9 Å². The smallest absolute Gasteiger partial charge is 0.178 e. The first-order valence-corrected chi connectivity index (χ1v) is 6.58. The van der Waals surface area contributed by atoms with E-state index in [9.17, 15) is 9.59 Å². The van der Waals surface area contributed by atoms with Gasteiger partial charge >= 0.3 is 0 Å². The van der Waals surface area contributed by atoms with Crippen molar-refractivity contribution in [1.82, 2.24) is 5.32 Å². The van der Waals surface area contributed by atoms with E-state index in [2.05, 4.69) is 5.32 Å². The van der Waals surface area contributed by atoms with Crippen molar-refractivity contribution >= 4 is 11.6 Å². The summed E-state index contributed by atoms with van der Waals surface area (Å²) in [5.41, 5.74) is -0.302. The highest BCUT2D eigenvalue weighted by Crippen LogP contribution is 2.46. The van der Waals surface area contributed by atoms with E-state index in [4.69, 9.17) is 4.74 Å². The molecule has 0 spiro atoms. The molecule has 1 heterocycles. The molecule has 100 valence electrons. The van der Waals surface area contributed by atoms with E-state index in [1.807, 2.05) is 18.2 Å². The predicted molar refractivity (Wildman–Crippen MR) is 70.0 cm³/mol. The average molecular weight is 259 g/mol. The molecule has 3 atom stereocenters. The van der Waals surface area contributed by atoms with Gasteiger partial charge in [0.05, 0.1) is 0 Å². The molecular formula is C15H17NO3. The minimum Gasteiger partial charge on any atom is -0.374 e. The Balaban J connectivity index is 2.01. The Bertz CT molecular complexity index is 513. The summed E-state index contributed by atoms with van der Waals surface area (Å²) in [5, 5.41) is 3.19. The van der Waals surface area contributed by atoms with E-state index in [1.54, 1.807) is 12.1 Å². The first-order chi connectivity index (χ1) is 9.20. The highest BCUT2D eigenvalue weighted by molar-refractivity contribution is 6.17. The second-order valence-electron chi connectivity index (χ2n) is 5.32. The second kappa shape index (κ2) is 4.54. The largest absolute Gasteiger partial charge is 0.374 e. The van der Waals surface area contributed by atoms with E-state index >= 15 is 0 Å². The highest BCUT2D eigenvalue weighted by Gasteiger charge is 2.61. The molecule has 1 saturated carbocycles. The number of ketones is 2. The van der Waals surface area contributed by atoms with Crippen molar-refractivity contribution in [2.24, 2.45) is 11.3 Å². The lowest BCUT2D eigenvalue weighted by Crippen LogP contribution is -2.44. The number of hydrogen-bond donors (Lipinski definition) is 1. The number of carbonyl (C=O) groups excluding carboxylic acids is 2. The van der Waals surface area contributed by atoms with Crippen molar-refractivity contribution < 1.29 is 14.3 Å². The third kappa shape index (κ3) is 1.67. The summed E-state index contributed by atoms with van der Waals surface area (Å²) in [6.07, 6.45) is 0.209. The predicted octanol–water partition coefficient (Wildman–Crippen LogP) is 1.06. The minimum atomic E-state index is -0.915. The highest BCUT2D eigenvalue weighted by atomic mass is 16.5. The lowest BCUT2D eigenvalue weighted by Gasteiger charge is -2.25. The van der Waals surface area contributed by atoms with E-state index in [1.165, 1.54) is 7.11 Å². The van der Waals surface area contributed by atoms with Crippen LogP contribution in [0.25, 0.3) is 0 Å². The van der Waals surface area contributed by atoms with Gasteiger partial charge in [-0.25, -0.2) is 0 Å². The fourth-order valence-electron chi connectivity index (χ4n) is 3.42. The van der Waals surface area contributed by atoms with Crippen LogP contribution in [-0.2, 0) is 9.53 Å². The molecule has 1 aromatic rings. The summed E-state index contributed by atoms with van der Waals surface area (Å²) in [5.74, 6) is -0.0656. The van der Waals surface area contributed by atoms with Gasteiger partial charge in [0.1, 0.15) is 11.5 Å². The molecule has 1 N–H and O–H groups in total. The van der Waals surface area contributed by atoms with Gasteiger partial charge in [-0.2, -0.15) is 0 Å². The normalized spacial score (nSPS) is 33.4. The molecule has 3 unspecified atom stereocenters. The van der Waals surface area contributed by atoms with Crippen LogP contribution in [0, 0.1) is 11.3 Å². The average Bonchev–Trinajstić information content (AvgIpc) is 2.98. The number of rotatable bonds is 3. The Morgan fingerprint density at radius 1 is 1.37 bits per heavy atom. The number of hydrogen-bond acceptors (Lipinski definition) is 4. The number of ether oxygens (including phenoxy) is 1. The van der Waals surface area contributed by atoms with Gasteiger partial charge in [-0.05, 0) is 18.9 Å². The Hall–Kier alpha value is -1.52. The van der Waals surface area contributed by atoms with Crippen LogP contribution in [0.5, 0.6) is 0 Å². The van der Waals surface area contributed by atoms with Crippen LogP contribution < -0.4 is 5.32 Å². The Kier molecular flexibility index (Phi) is 2.99. The lowest BCUT2D eigenvalue weighted by atomic mass is 9.74. The summed E-state index contributed by atoms with van der Waals surface area (Å²) in [6.45, 7) is 1.15. The SMILES string of the molecule is COC1CC2CNCC2(C(=O)c2ccccc2)C1=O. The summed E-state index contributed by atoms with van der Waals surface area (Å²) >= 11 is 0. The van der Waals surface area contributed by atoms with Crippen molar-refractivity contribution in [3.63, 3.8) is 0 Å². The molecule has 1 saturated heterocycles. The molecule has 3 rings (SSSR count). The molecule has 19 heavy (non-hydrogen) atoms. The molecule has 4 nitrogen and oxygen atoms in total. The molecule has 0 amide bonds. The van der Waals surface area contributed by atoms with Gasteiger partial charge in [-0.1, -0.05) is 30.3 Å². The maximum Gasteiger partial charge on any atom is 0.178 e. The monoisotopic (exact) mass is 259 g/mol. The maximum atomic E-state index is 12.8. The zero-order chi connectivity index (χ0) is 13.5. The third-order valence-corrected chi connectivity index (χ3v) is 4.45. The van der Waals surface area contributed by atoms with E-state index < -0.39 is 11.5 Å². The van der Waals surface area contributed by atoms with Gasteiger partial charge in [0.15, 0.2) is 11.6 Å². The van der Waals surface area contributed by atoms with E-state index in [-0.39, 0.29) is 17.5 Å². The molecule has 2 fully saturated rings. The summed E-state index contributed by atoms with van der Waals surface area (Å²) in [7, 11) is 1.54. The van der Waals surface area contributed by atoms with Gasteiger partial charge in [0, 0.05) is 19.2 Å². The Morgan fingerprint density at radius 3 is 2.79 bits per heavy atom. The van der Waals surface area contributed by atoms with Crippen molar-refractivity contribution in [2.75, 3.05) is 20.2 Å². The molecule has 0 aromatic heterocycles. The third-order valence-electron chi connectivity index (χ3n) is 4.45. The van der Waals surface area contributed by atoms with Gasteiger partial charge in [0.2, 0.25) is 0 Å². The van der Waals surface area contributed by atoms with Gasteiger partial charge in [0.25, 0.3) is 0 Å². The molecule has 1 aliphatic carbocycles. The zero-order valence-electron chi connectivity index (χ0n) is 10.9. The quantitative estimate of drug-likeness (QED) is 0.651. The summed E-state index contributed by atoms with van der Waals surface area (Å²) in [4.78, 5) is 25.4. The second-order valence-corrected chi connectivity index (χ2v) is 5.32. The molecule has 1 aromatic carbocycles. The van der Waals surface area contributed by atoms with Crippen LogP contribution in [0.2, 0.25) is 0 Å². The van der Waals surface area contributed by atoms with Crippen molar-refractivity contribution in [3.8, 4) is 0 Å². The molecule has 0 radical (unpaired) electrons. The number of nitrogens with one attached hydrogen (secondary N) is 1. The topological polar surface area (TPSA) is 55.4 Å². The molecule has 1 aliphatic heterocycles. The number of Topliss-reactive ketones (excluding diaryl/α,β-unsaturated/α-hetero) is 2. The standard InChI is InChI=1S/C15H17NO3/c1-19-12-7-11-8-16-9-15(11,14(12)18)13(17)10-5-3-2-4-6-10/h2-6,11-12,16H,7-9H2,1H3. The first-order valence-electron chi connectivity index (χ1n) is 6.58. The van der Waals surface area contributed by atoms with Crippen LogP contribution in [0.1, 0.15) is 16.8 Å². The number of methoxy groups -OCH3 is 1. The van der Waals surface area contributed by atoms with Gasteiger partial charge < -0.3 is 10.1 Å². The number of fused-ring (bicyclic) bond motifs is 1. The number of benzene rings is 1. The van der Waals surface area contributed by atoms with Crippen LogP contribution in [0.15, 0.2) is 30.3 Å². The lowest BCUT2D eigenvalue weighted by molar-refractivity contribution is -0.131. The van der Waals surface area contributed by atoms with Gasteiger partial charge in [-0.3, -0.25) is 9.59 Å². The number of carbonyl (C=O) groups is 2. The minimum absolute atomic E-state index is 0.0534. The molecule has 4 heteroatoms. The Morgan fingerprint density at radius 2 is 2.11 bits per heavy atom. The summed E-state index contributed by atoms with van der Waals surface area (Å²) in [6, 6.07) is 9.08. The van der Waals surface area contributed by atoms with E-state index in [0.717, 1.165) is 0 Å². The first kappa shape index (κ1) is 12.5. The fraction of sp³-hybridized carbons (Fsp3) is 0.467. The van der Waals surface area contributed by atoms with Crippen LogP contribution in [0.3, 0.4) is 0 Å².